The van der Waals surface area contributed by atoms with Gasteiger partial charge in [-0.2, -0.15) is 0 Å². The molecular weight excluding hydrogens is 250 g/mol. The molecule has 0 spiro atoms. The first-order valence-corrected chi connectivity index (χ1v) is 6.86. The molecule has 100 valence electrons. The van der Waals surface area contributed by atoms with Gasteiger partial charge in [-0.05, 0) is 13.3 Å². The Bertz CT molecular complexity index is 447. The van der Waals surface area contributed by atoms with Gasteiger partial charge >= 0.3 is 0 Å². The van der Waals surface area contributed by atoms with Gasteiger partial charge in [0.2, 0.25) is 0 Å². The van der Waals surface area contributed by atoms with E-state index in [-0.39, 0.29) is 11.9 Å². The largest absolute Gasteiger partial charge is 0.382 e. The topological polar surface area (TPSA) is 88.5 Å². The highest BCUT2D eigenvalue weighted by Gasteiger charge is 2.28. The van der Waals surface area contributed by atoms with Gasteiger partial charge in [-0.3, -0.25) is 4.79 Å². The van der Waals surface area contributed by atoms with E-state index in [2.05, 4.69) is 4.98 Å². The average Bonchev–Trinajstić information content (AvgIpc) is 2.94. The summed E-state index contributed by atoms with van der Waals surface area (Å²) < 4.78 is 0. The van der Waals surface area contributed by atoms with E-state index in [0.29, 0.717) is 23.8 Å². The Labute approximate surface area is 111 Å². The molecule has 1 aromatic rings. The summed E-state index contributed by atoms with van der Waals surface area (Å²) in [5.74, 6) is 0.273. The molecule has 1 fully saturated rings. The van der Waals surface area contributed by atoms with Crippen LogP contribution in [0.1, 0.15) is 23.0 Å². The maximum atomic E-state index is 12.3. The lowest BCUT2D eigenvalue weighted by atomic mass is 10.3. The highest BCUT2D eigenvalue weighted by molar-refractivity contribution is 7.18. The van der Waals surface area contributed by atoms with E-state index in [4.69, 9.17) is 11.5 Å². The number of carbonyl (C=O) groups excluding carboxylic acids is 1. The zero-order valence-corrected chi connectivity index (χ0v) is 11.5. The van der Waals surface area contributed by atoms with Gasteiger partial charge in [-0.1, -0.05) is 11.3 Å². The first-order valence-electron chi connectivity index (χ1n) is 6.05. The Hall–Kier alpha value is -1.34. The van der Waals surface area contributed by atoms with Crippen LogP contribution in [0.4, 0.5) is 10.9 Å². The normalized spacial score (nSPS) is 19.3. The molecule has 1 atom stereocenters. The number of carbonyl (C=O) groups is 1. The van der Waals surface area contributed by atoms with Gasteiger partial charge in [0.05, 0.1) is 0 Å². The molecule has 0 saturated carbocycles. The lowest BCUT2D eigenvalue weighted by Gasteiger charge is -2.14. The van der Waals surface area contributed by atoms with Gasteiger partial charge in [0, 0.05) is 32.7 Å². The number of hydrogen-bond donors (Lipinski definition) is 2. The van der Waals surface area contributed by atoms with Gasteiger partial charge in [0.1, 0.15) is 10.7 Å². The molecule has 1 aromatic heterocycles. The number of anilines is 2. The third kappa shape index (κ3) is 2.41. The molecule has 1 aliphatic rings. The second-order valence-corrected chi connectivity index (χ2v) is 5.50. The molecule has 1 saturated heterocycles. The molecule has 1 unspecified atom stereocenters. The third-order valence-electron chi connectivity index (χ3n) is 3.15. The van der Waals surface area contributed by atoms with Gasteiger partial charge in [-0.25, -0.2) is 4.98 Å². The van der Waals surface area contributed by atoms with E-state index in [9.17, 15) is 4.79 Å². The fraction of sp³-hybridized carbons (Fsp3) is 0.636. The fourth-order valence-corrected chi connectivity index (χ4v) is 2.87. The Kier molecular flexibility index (Phi) is 3.72. The molecule has 2 rings (SSSR count). The Morgan fingerprint density at radius 2 is 2.39 bits per heavy atom. The molecule has 1 amide bonds. The van der Waals surface area contributed by atoms with Crippen LogP contribution in [0.25, 0.3) is 0 Å². The summed E-state index contributed by atoms with van der Waals surface area (Å²) in [6.07, 6.45) is 0.853. The lowest BCUT2D eigenvalue weighted by molar-refractivity contribution is 0.0796. The monoisotopic (exact) mass is 269 g/mol. The van der Waals surface area contributed by atoms with Crippen LogP contribution in [0, 0.1) is 0 Å². The van der Waals surface area contributed by atoms with Crippen molar-refractivity contribution in [2.24, 2.45) is 5.73 Å². The Morgan fingerprint density at radius 3 is 2.94 bits per heavy atom. The van der Waals surface area contributed by atoms with Crippen molar-refractivity contribution in [1.82, 2.24) is 9.88 Å². The van der Waals surface area contributed by atoms with Crippen LogP contribution < -0.4 is 16.4 Å². The predicted molar refractivity (Wildman–Crippen MR) is 74.0 cm³/mol. The van der Waals surface area contributed by atoms with Crippen molar-refractivity contribution < 1.29 is 4.79 Å². The molecule has 7 heteroatoms. The van der Waals surface area contributed by atoms with Gasteiger partial charge in [0.25, 0.3) is 5.91 Å². The van der Waals surface area contributed by atoms with Gasteiger partial charge < -0.3 is 21.3 Å². The molecule has 4 N–H and O–H groups in total. The summed E-state index contributed by atoms with van der Waals surface area (Å²) >= 11 is 1.35. The van der Waals surface area contributed by atoms with Crippen molar-refractivity contribution in [2.75, 3.05) is 37.3 Å². The van der Waals surface area contributed by atoms with Gasteiger partial charge in [-0.15, -0.1) is 0 Å². The number of nitrogen functional groups attached to an aromatic ring is 1. The Balaban J connectivity index is 2.17. The molecule has 6 nitrogen and oxygen atoms in total. The van der Waals surface area contributed by atoms with Crippen molar-refractivity contribution >= 4 is 28.2 Å². The first-order chi connectivity index (χ1) is 8.52. The van der Waals surface area contributed by atoms with E-state index in [1.807, 2.05) is 18.9 Å². The van der Waals surface area contributed by atoms with E-state index < -0.39 is 0 Å². The van der Waals surface area contributed by atoms with Crippen molar-refractivity contribution in [3.63, 3.8) is 0 Å². The standard InChI is InChI=1S/C11H19N5OS/c1-3-15(2)11-14-9(13)8(18-11)10(17)16-5-4-7(12)6-16/h7H,3-6,12-13H2,1-2H3. The number of thiazole rings is 1. The summed E-state index contributed by atoms with van der Waals surface area (Å²) in [4.78, 5) is 20.8. The zero-order chi connectivity index (χ0) is 13.3. The number of rotatable bonds is 3. The molecule has 18 heavy (non-hydrogen) atoms. The number of likely N-dealkylation sites (tertiary alicyclic amines) is 1. The highest BCUT2D eigenvalue weighted by atomic mass is 32.1. The minimum Gasteiger partial charge on any atom is -0.382 e. The summed E-state index contributed by atoms with van der Waals surface area (Å²) in [7, 11) is 1.93. The molecule has 0 bridgehead atoms. The van der Waals surface area contributed by atoms with Crippen LogP contribution >= 0.6 is 11.3 Å². The summed E-state index contributed by atoms with van der Waals surface area (Å²) in [5.41, 5.74) is 11.6. The first kappa shape index (κ1) is 13.1. The van der Waals surface area contributed by atoms with Gasteiger partial charge in [0.15, 0.2) is 5.13 Å². The molecular formula is C11H19N5OS. The molecule has 1 aliphatic heterocycles. The molecule has 0 aromatic carbocycles. The van der Waals surface area contributed by atoms with Crippen molar-refractivity contribution in [1.29, 1.82) is 0 Å². The molecule has 0 radical (unpaired) electrons. The average molecular weight is 269 g/mol. The molecule has 0 aliphatic carbocycles. The number of aromatic nitrogens is 1. The third-order valence-corrected chi connectivity index (χ3v) is 4.32. The van der Waals surface area contributed by atoms with E-state index in [1.165, 1.54) is 11.3 Å². The second-order valence-electron chi connectivity index (χ2n) is 4.52. The number of nitrogens with zero attached hydrogens (tertiary/aromatic N) is 3. The highest BCUT2D eigenvalue weighted by Crippen LogP contribution is 2.29. The van der Waals surface area contributed by atoms with E-state index in [0.717, 1.165) is 18.1 Å². The van der Waals surface area contributed by atoms with Crippen LogP contribution in [0.15, 0.2) is 0 Å². The van der Waals surface area contributed by atoms with Crippen LogP contribution in [0.5, 0.6) is 0 Å². The zero-order valence-electron chi connectivity index (χ0n) is 10.7. The van der Waals surface area contributed by atoms with Crippen LogP contribution in [0.3, 0.4) is 0 Å². The van der Waals surface area contributed by atoms with Crippen molar-refractivity contribution in [3.05, 3.63) is 4.88 Å². The smallest absolute Gasteiger partial charge is 0.267 e. The van der Waals surface area contributed by atoms with Crippen LogP contribution in [0.2, 0.25) is 0 Å². The lowest BCUT2D eigenvalue weighted by Crippen LogP contribution is -2.31. The maximum Gasteiger partial charge on any atom is 0.267 e. The maximum absolute atomic E-state index is 12.3. The predicted octanol–water partition coefficient (Wildman–Crippen LogP) is 0.355. The van der Waals surface area contributed by atoms with Crippen LogP contribution in [-0.4, -0.2) is 48.5 Å². The molecule has 2 heterocycles. The van der Waals surface area contributed by atoms with Crippen molar-refractivity contribution in [2.45, 2.75) is 19.4 Å². The number of nitrogens with two attached hydrogens (primary N) is 2. The fourth-order valence-electron chi connectivity index (χ4n) is 1.89. The quantitative estimate of drug-likeness (QED) is 0.827. The number of hydrogen-bond acceptors (Lipinski definition) is 6. The number of amides is 1. The Morgan fingerprint density at radius 1 is 1.67 bits per heavy atom. The van der Waals surface area contributed by atoms with E-state index >= 15 is 0 Å². The minimum absolute atomic E-state index is 0.0475. The summed E-state index contributed by atoms with van der Waals surface area (Å²) in [6.45, 7) is 4.17. The summed E-state index contributed by atoms with van der Waals surface area (Å²) in [5, 5.41) is 0.779. The SMILES string of the molecule is CCN(C)c1nc(N)c(C(=O)N2CCC(N)C2)s1. The van der Waals surface area contributed by atoms with Crippen molar-refractivity contribution in [3.8, 4) is 0 Å². The van der Waals surface area contributed by atoms with Crippen LogP contribution in [-0.2, 0) is 0 Å². The second kappa shape index (κ2) is 5.11. The summed E-state index contributed by atoms with van der Waals surface area (Å²) in [6, 6.07) is 0.0841. The minimum atomic E-state index is -0.0475. The van der Waals surface area contributed by atoms with E-state index in [1.54, 1.807) is 4.90 Å².